The van der Waals surface area contributed by atoms with E-state index in [-0.39, 0.29) is 5.91 Å². The summed E-state index contributed by atoms with van der Waals surface area (Å²) >= 11 is 0. The zero-order valence-corrected chi connectivity index (χ0v) is 10.7. The lowest BCUT2D eigenvalue weighted by atomic mass is 10.1. The molecule has 5 nitrogen and oxygen atoms in total. The van der Waals surface area contributed by atoms with E-state index in [1.54, 1.807) is 4.90 Å². The zero-order valence-electron chi connectivity index (χ0n) is 10.7. The quantitative estimate of drug-likeness (QED) is 0.773. The van der Waals surface area contributed by atoms with Gasteiger partial charge in [-0.2, -0.15) is 0 Å². The number of nitrogens with zero attached hydrogens (tertiary/aromatic N) is 1. The van der Waals surface area contributed by atoms with Gasteiger partial charge >= 0.3 is 5.97 Å². The average Bonchev–Trinajstić information content (AvgIpc) is 2.65. The monoisotopic (exact) mass is 260 g/mol. The fourth-order valence-electron chi connectivity index (χ4n) is 2.21. The minimum absolute atomic E-state index is 0.00615. The van der Waals surface area contributed by atoms with Crippen molar-refractivity contribution in [2.45, 2.75) is 13.0 Å². The summed E-state index contributed by atoms with van der Waals surface area (Å²) in [5.41, 5.74) is 3.01. The summed E-state index contributed by atoms with van der Waals surface area (Å²) in [5, 5.41) is 11.6. The molecule has 1 aromatic rings. The van der Waals surface area contributed by atoms with Crippen molar-refractivity contribution in [3.8, 4) is 0 Å². The largest absolute Gasteiger partial charge is 0.478 e. The maximum absolute atomic E-state index is 11.9. The number of rotatable bonds is 5. The number of hydrogen-bond donors (Lipinski definition) is 2. The second-order valence-corrected chi connectivity index (χ2v) is 4.42. The van der Waals surface area contributed by atoms with Crippen LogP contribution in [0.1, 0.15) is 11.1 Å². The number of fused-ring (bicyclic) bond motifs is 1. The van der Waals surface area contributed by atoms with Crippen molar-refractivity contribution in [3.63, 3.8) is 0 Å². The lowest BCUT2D eigenvalue weighted by Crippen LogP contribution is -2.26. The van der Waals surface area contributed by atoms with Gasteiger partial charge in [0, 0.05) is 24.9 Å². The predicted molar refractivity (Wildman–Crippen MR) is 72.0 cm³/mol. The van der Waals surface area contributed by atoms with E-state index in [0.717, 1.165) is 29.4 Å². The molecule has 0 bridgehead atoms. The fourth-order valence-corrected chi connectivity index (χ4v) is 2.21. The van der Waals surface area contributed by atoms with E-state index in [0.29, 0.717) is 13.0 Å². The van der Waals surface area contributed by atoms with Gasteiger partial charge in [0.05, 0.1) is 6.42 Å². The van der Waals surface area contributed by atoms with Gasteiger partial charge in [0.15, 0.2) is 0 Å². The molecule has 100 valence electrons. The molecule has 0 atom stereocenters. The Kier molecular flexibility index (Phi) is 3.97. The van der Waals surface area contributed by atoms with Crippen LogP contribution >= 0.6 is 0 Å². The first-order valence-electron chi connectivity index (χ1n) is 6.08. The second-order valence-electron chi connectivity index (χ2n) is 4.42. The summed E-state index contributed by atoms with van der Waals surface area (Å²) in [4.78, 5) is 23.9. The third-order valence-electron chi connectivity index (χ3n) is 3.01. The molecule has 0 fully saturated rings. The Balaban J connectivity index is 2.17. The summed E-state index contributed by atoms with van der Waals surface area (Å²) in [5.74, 6) is -0.997. The SMILES string of the molecule is CNCc1ccc2c(c1)CC(=O)N2C/C=C/C(=O)O. The number of carboxylic acids is 1. The van der Waals surface area contributed by atoms with Gasteiger partial charge in [-0.25, -0.2) is 4.79 Å². The Morgan fingerprint density at radius 3 is 3.00 bits per heavy atom. The highest BCUT2D eigenvalue weighted by Gasteiger charge is 2.26. The van der Waals surface area contributed by atoms with Gasteiger partial charge in [0.1, 0.15) is 0 Å². The molecule has 1 amide bonds. The molecule has 1 heterocycles. The number of anilines is 1. The normalized spacial score (nSPS) is 14.2. The molecule has 0 saturated heterocycles. The highest BCUT2D eigenvalue weighted by Crippen LogP contribution is 2.29. The number of carbonyl (C=O) groups excluding carboxylic acids is 1. The average molecular weight is 260 g/mol. The third-order valence-corrected chi connectivity index (χ3v) is 3.01. The van der Waals surface area contributed by atoms with Gasteiger partial charge < -0.3 is 15.3 Å². The van der Waals surface area contributed by atoms with Crippen LogP contribution in [0.2, 0.25) is 0 Å². The second kappa shape index (κ2) is 5.67. The van der Waals surface area contributed by atoms with Crippen LogP contribution in [0, 0.1) is 0 Å². The minimum Gasteiger partial charge on any atom is -0.478 e. The first-order chi connectivity index (χ1) is 9.11. The summed E-state index contributed by atoms with van der Waals surface area (Å²) in [6.45, 7) is 1.06. The van der Waals surface area contributed by atoms with Crippen molar-refractivity contribution in [2.24, 2.45) is 0 Å². The number of amides is 1. The number of nitrogens with one attached hydrogen (secondary N) is 1. The molecule has 0 saturated carbocycles. The molecule has 0 unspecified atom stereocenters. The molecule has 5 heteroatoms. The van der Waals surface area contributed by atoms with Crippen LogP contribution in [-0.4, -0.2) is 30.6 Å². The number of carboxylic acid groups (broad SMARTS) is 1. The van der Waals surface area contributed by atoms with Gasteiger partial charge in [-0.3, -0.25) is 4.79 Å². The van der Waals surface area contributed by atoms with Crippen LogP contribution in [0.25, 0.3) is 0 Å². The van der Waals surface area contributed by atoms with Crippen LogP contribution < -0.4 is 10.2 Å². The van der Waals surface area contributed by atoms with E-state index in [2.05, 4.69) is 5.32 Å². The van der Waals surface area contributed by atoms with E-state index in [9.17, 15) is 9.59 Å². The number of aliphatic carboxylic acids is 1. The molecular weight excluding hydrogens is 244 g/mol. The van der Waals surface area contributed by atoms with Crippen molar-refractivity contribution in [3.05, 3.63) is 41.5 Å². The van der Waals surface area contributed by atoms with Crippen LogP contribution in [0.3, 0.4) is 0 Å². The number of benzene rings is 1. The van der Waals surface area contributed by atoms with Gasteiger partial charge in [0.2, 0.25) is 5.91 Å². The summed E-state index contributed by atoms with van der Waals surface area (Å²) in [6.07, 6.45) is 2.92. The molecule has 1 aliphatic rings. The molecule has 0 radical (unpaired) electrons. The first kappa shape index (κ1) is 13.3. The van der Waals surface area contributed by atoms with Crippen molar-refractivity contribution in [2.75, 3.05) is 18.5 Å². The van der Waals surface area contributed by atoms with Crippen molar-refractivity contribution >= 4 is 17.6 Å². The lowest BCUT2D eigenvalue weighted by Gasteiger charge is -2.15. The van der Waals surface area contributed by atoms with Gasteiger partial charge in [-0.1, -0.05) is 18.2 Å². The van der Waals surface area contributed by atoms with E-state index in [4.69, 9.17) is 5.11 Å². The first-order valence-corrected chi connectivity index (χ1v) is 6.08. The highest BCUT2D eigenvalue weighted by molar-refractivity contribution is 6.01. The number of hydrogen-bond acceptors (Lipinski definition) is 3. The summed E-state index contributed by atoms with van der Waals surface area (Å²) in [7, 11) is 1.88. The fraction of sp³-hybridized carbons (Fsp3) is 0.286. The highest BCUT2D eigenvalue weighted by atomic mass is 16.4. The number of carbonyl (C=O) groups is 2. The summed E-state index contributed by atoms with van der Waals surface area (Å²) in [6, 6.07) is 5.91. The molecule has 2 rings (SSSR count). The molecule has 0 aromatic heterocycles. The van der Waals surface area contributed by atoms with Crippen LogP contribution in [0.4, 0.5) is 5.69 Å². The van der Waals surface area contributed by atoms with Crippen molar-refractivity contribution in [1.29, 1.82) is 0 Å². The molecule has 0 spiro atoms. The lowest BCUT2D eigenvalue weighted by molar-refractivity contribution is -0.131. The standard InChI is InChI=1S/C14H16N2O3/c1-15-9-10-4-5-12-11(7-10)8-13(17)16(12)6-2-3-14(18)19/h2-5,7,15H,6,8-9H2,1H3,(H,18,19)/b3-2+. The van der Waals surface area contributed by atoms with E-state index < -0.39 is 5.97 Å². The smallest absolute Gasteiger partial charge is 0.328 e. The maximum Gasteiger partial charge on any atom is 0.328 e. The van der Waals surface area contributed by atoms with Gasteiger partial charge in [0.25, 0.3) is 0 Å². The molecule has 0 aliphatic carbocycles. The Labute approximate surface area is 111 Å². The van der Waals surface area contributed by atoms with E-state index in [1.807, 2.05) is 25.2 Å². The van der Waals surface area contributed by atoms with Crippen LogP contribution in [-0.2, 0) is 22.6 Å². The minimum atomic E-state index is -1.00. The van der Waals surface area contributed by atoms with E-state index in [1.165, 1.54) is 6.08 Å². The summed E-state index contributed by atoms with van der Waals surface area (Å²) < 4.78 is 0. The van der Waals surface area contributed by atoms with Crippen molar-refractivity contribution in [1.82, 2.24) is 5.32 Å². The van der Waals surface area contributed by atoms with Crippen LogP contribution in [0.15, 0.2) is 30.4 Å². The Bertz CT molecular complexity index is 537. The molecular formula is C14H16N2O3. The Hall–Kier alpha value is -2.14. The zero-order chi connectivity index (χ0) is 13.8. The molecule has 1 aromatic carbocycles. The predicted octanol–water partition coefficient (Wildman–Crippen LogP) is 0.936. The Morgan fingerprint density at radius 1 is 1.53 bits per heavy atom. The maximum atomic E-state index is 11.9. The van der Waals surface area contributed by atoms with Gasteiger partial charge in [-0.05, 0) is 24.2 Å². The van der Waals surface area contributed by atoms with Gasteiger partial charge in [-0.15, -0.1) is 0 Å². The molecule has 2 N–H and O–H groups in total. The molecule has 19 heavy (non-hydrogen) atoms. The van der Waals surface area contributed by atoms with E-state index >= 15 is 0 Å². The van der Waals surface area contributed by atoms with Crippen molar-refractivity contribution < 1.29 is 14.7 Å². The Morgan fingerprint density at radius 2 is 2.32 bits per heavy atom. The molecule has 1 aliphatic heterocycles. The topological polar surface area (TPSA) is 69.6 Å². The third kappa shape index (κ3) is 3.00. The van der Waals surface area contributed by atoms with Crippen LogP contribution in [0.5, 0.6) is 0 Å².